The van der Waals surface area contributed by atoms with E-state index >= 15 is 0 Å². The standard InChI is InChI=1S/C44H70N10O9/c1-10-27(4)38(35(62-9)23-36(46)55)54(8)42(59)29(6)49-41(58)37(26(2)3)53(7)24-31-14-13-15-33(22-31)51-44(61)63-25-30-17-19-32(20-18-30)50-40(57)34(52-39(56)28(5)45)16-11-12-21-48-43(47)60/h13-15,17-20,22,26-29,34-35,37-38H,10-12,16,21,23-25,45H2,1-9H3,(H2,46,55)(H,49,58)(H,50,57)(H,51,61)(H,52,56)(H3,47,48,60)/t27-,28-,29-,34-,35+,37-,38-/m0/s1. The van der Waals surface area contributed by atoms with E-state index in [1.807, 2.05) is 45.7 Å². The van der Waals surface area contributed by atoms with Crippen molar-refractivity contribution in [2.75, 3.05) is 38.4 Å². The van der Waals surface area contributed by atoms with Crippen molar-refractivity contribution in [1.82, 2.24) is 25.8 Å². The molecule has 0 aliphatic rings. The average Bonchev–Trinajstić information content (AvgIpc) is 3.21. The van der Waals surface area contributed by atoms with Gasteiger partial charge in [-0.1, -0.05) is 58.4 Å². The summed E-state index contributed by atoms with van der Waals surface area (Å²) in [4.78, 5) is 91.7. The van der Waals surface area contributed by atoms with Gasteiger partial charge in [-0.3, -0.25) is 34.2 Å². The second-order valence-corrected chi connectivity index (χ2v) is 16.3. The highest BCUT2D eigenvalue weighted by Crippen LogP contribution is 2.23. The minimum absolute atomic E-state index is 0.0132. The third-order valence-electron chi connectivity index (χ3n) is 10.7. The summed E-state index contributed by atoms with van der Waals surface area (Å²) in [6.07, 6.45) is 0.757. The van der Waals surface area contributed by atoms with E-state index in [9.17, 15) is 33.6 Å². The molecule has 11 N–H and O–H groups in total. The molecule has 0 saturated carbocycles. The number of likely N-dealkylation sites (N-methyl/N-ethyl adjacent to an activating group) is 2. The minimum Gasteiger partial charge on any atom is -0.444 e. The Kier molecular flexibility index (Phi) is 22.6. The van der Waals surface area contributed by atoms with Crippen molar-refractivity contribution in [2.45, 2.75) is 123 Å². The maximum absolute atomic E-state index is 13.7. The molecule has 0 unspecified atom stereocenters. The highest BCUT2D eigenvalue weighted by Gasteiger charge is 2.36. The second-order valence-electron chi connectivity index (χ2n) is 16.3. The molecule has 0 bridgehead atoms. The van der Waals surface area contributed by atoms with Gasteiger partial charge in [0.1, 0.15) is 18.7 Å². The molecule has 0 aliphatic heterocycles. The first kappa shape index (κ1) is 53.3. The van der Waals surface area contributed by atoms with Gasteiger partial charge in [0.25, 0.3) is 0 Å². The van der Waals surface area contributed by atoms with Gasteiger partial charge in [0.2, 0.25) is 29.5 Å². The number of urea groups is 1. The van der Waals surface area contributed by atoms with Crippen LogP contribution in [0.2, 0.25) is 0 Å². The Morgan fingerprint density at radius 3 is 2.03 bits per heavy atom. The number of nitrogens with two attached hydrogens (primary N) is 3. The number of anilines is 2. The number of hydrogen-bond donors (Lipinski definition) is 8. The second kappa shape index (κ2) is 26.6. The molecule has 0 spiro atoms. The van der Waals surface area contributed by atoms with Crippen LogP contribution in [0.5, 0.6) is 0 Å². The molecule has 350 valence electrons. The van der Waals surface area contributed by atoms with Crippen LogP contribution in [-0.2, 0) is 46.6 Å². The summed E-state index contributed by atoms with van der Waals surface area (Å²) in [5, 5.41) is 13.6. The maximum Gasteiger partial charge on any atom is 0.411 e. The molecule has 0 aromatic heterocycles. The number of ether oxygens (including phenoxy) is 2. The first-order chi connectivity index (χ1) is 29.7. The highest BCUT2D eigenvalue weighted by molar-refractivity contribution is 5.97. The molecule has 0 heterocycles. The number of carbonyl (C=O) groups is 7. The molecule has 2 rings (SSSR count). The molecule has 2 aromatic rings. The third kappa shape index (κ3) is 18.2. The number of nitrogens with one attached hydrogen (secondary N) is 5. The fourth-order valence-electron chi connectivity index (χ4n) is 7.21. The number of carbonyl (C=O) groups excluding carboxylic acids is 7. The van der Waals surface area contributed by atoms with E-state index in [-0.39, 0.29) is 36.7 Å². The first-order valence-electron chi connectivity index (χ1n) is 21.3. The quantitative estimate of drug-likeness (QED) is 0.0636. The predicted molar refractivity (Wildman–Crippen MR) is 241 cm³/mol. The lowest BCUT2D eigenvalue weighted by Crippen LogP contribution is -2.57. The van der Waals surface area contributed by atoms with Gasteiger partial charge >= 0.3 is 12.1 Å². The van der Waals surface area contributed by atoms with Crippen molar-refractivity contribution in [1.29, 1.82) is 0 Å². The number of methoxy groups -OCH3 is 1. The normalized spacial score (nSPS) is 14.5. The van der Waals surface area contributed by atoms with E-state index in [2.05, 4.69) is 26.6 Å². The maximum atomic E-state index is 13.7. The lowest BCUT2D eigenvalue weighted by Gasteiger charge is -2.39. The van der Waals surface area contributed by atoms with Crippen molar-refractivity contribution >= 4 is 53.0 Å². The summed E-state index contributed by atoms with van der Waals surface area (Å²) in [6, 6.07) is 9.57. The summed E-state index contributed by atoms with van der Waals surface area (Å²) < 4.78 is 11.0. The summed E-state index contributed by atoms with van der Waals surface area (Å²) in [5.74, 6) is -2.25. The zero-order chi connectivity index (χ0) is 47.4. The number of primary amides is 2. The monoisotopic (exact) mass is 883 g/mol. The van der Waals surface area contributed by atoms with Gasteiger partial charge in [0.15, 0.2) is 0 Å². The lowest BCUT2D eigenvalue weighted by molar-refractivity contribution is -0.143. The molecule has 0 aliphatic carbocycles. The summed E-state index contributed by atoms with van der Waals surface area (Å²) in [5.41, 5.74) is 18.7. The molecule has 7 atom stereocenters. The number of amides is 8. The molecular formula is C44H70N10O9. The van der Waals surface area contributed by atoms with Gasteiger partial charge < -0.3 is 52.8 Å². The molecule has 19 heteroatoms. The van der Waals surface area contributed by atoms with E-state index in [1.54, 1.807) is 56.4 Å². The van der Waals surface area contributed by atoms with Gasteiger partial charge in [0, 0.05) is 38.6 Å². The average molecular weight is 883 g/mol. The van der Waals surface area contributed by atoms with Crippen molar-refractivity contribution < 1.29 is 43.0 Å². The van der Waals surface area contributed by atoms with Crippen LogP contribution < -0.4 is 43.8 Å². The van der Waals surface area contributed by atoms with E-state index in [0.717, 1.165) is 12.0 Å². The van der Waals surface area contributed by atoms with Crippen molar-refractivity contribution in [3.8, 4) is 0 Å². The van der Waals surface area contributed by atoms with E-state index in [4.69, 9.17) is 26.7 Å². The molecule has 8 amide bonds. The molecule has 63 heavy (non-hydrogen) atoms. The van der Waals surface area contributed by atoms with Crippen LogP contribution in [0.4, 0.5) is 21.0 Å². The predicted octanol–water partition coefficient (Wildman–Crippen LogP) is 2.77. The smallest absolute Gasteiger partial charge is 0.411 e. The Morgan fingerprint density at radius 1 is 0.794 bits per heavy atom. The number of nitrogens with zero attached hydrogens (tertiary/aromatic N) is 2. The Bertz CT molecular complexity index is 1830. The van der Waals surface area contributed by atoms with Gasteiger partial charge in [-0.15, -0.1) is 0 Å². The highest BCUT2D eigenvalue weighted by atomic mass is 16.5. The Hall–Kier alpha value is -5.79. The molecule has 0 radical (unpaired) electrons. The summed E-state index contributed by atoms with van der Waals surface area (Å²) in [6.45, 7) is 11.6. The van der Waals surface area contributed by atoms with Gasteiger partial charge in [-0.2, -0.15) is 0 Å². The zero-order valence-electron chi connectivity index (χ0n) is 38.2. The van der Waals surface area contributed by atoms with Crippen LogP contribution in [0, 0.1) is 11.8 Å². The third-order valence-corrected chi connectivity index (χ3v) is 10.7. The van der Waals surface area contributed by atoms with Crippen LogP contribution in [-0.4, -0.2) is 116 Å². The van der Waals surface area contributed by atoms with E-state index in [1.165, 1.54) is 18.9 Å². The zero-order valence-corrected chi connectivity index (χ0v) is 38.2. The topological polar surface area (TPSA) is 283 Å². The number of hydrogen-bond acceptors (Lipinski definition) is 11. The molecule has 19 nitrogen and oxygen atoms in total. The molecule has 2 aromatic carbocycles. The fraction of sp³-hybridized carbons (Fsp3) is 0.568. The van der Waals surface area contributed by atoms with E-state index in [0.29, 0.717) is 49.3 Å². The Balaban J connectivity index is 2.00. The van der Waals surface area contributed by atoms with E-state index < -0.39 is 66.2 Å². The van der Waals surface area contributed by atoms with Gasteiger partial charge in [-0.05, 0) is 87.4 Å². The minimum atomic E-state index is -0.868. The SMILES string of the molecule is CC[C@H](C)[C@@H]([C@@H](CC(N)=O)OC)N(C)C(=O)[C@H](C)NC(=O)[C@H](C(C)C)N(C)Cc1cccc(NC(=O)OCc2ccc(NC(=O)[C@H](CCCCNC(N)=O)NC(=O)[C@H](C)N)cc2)c1. The summed E-state index contributed by atoms with van der Waals surface area (Å²) in [7, 11) is 4.94. The Labute approximate surface area is 371 Å². The largest absolute Gasteiger partial charge is 0.444 e. The Morgan fingerprint density at radius 2 is 1.46 bits per heavy atom. The van der Waals surface area contributed by atoms with Crippen molar-refractivity contribution in [3.63, 3.8) is 0 Å². The number of rotatable bonds is 26. The fourth-order valence-corrected chi connectivity index (χ4v) is 7.21. The van der Waals surface area contributed by atoms with Crippen LogP contribution in [0.25, 0.3) is 0 Å². The van der Waals surface area contributed by atoms with Gasteiger partial charge in [0.05, 0.1) is 30.7 Å². The molecule has 0 fully saturated rings. The van der Waals surface area contributed by atoms with Crippen LogP contribution >= 0.6 is 0 Å². The summed E-state index contributed by atoms with van der Waals surface area (Å²) >= 11 is 0. The van der Waals surface area contributed by atoms with Crippen LogP contribution in [0.15, 0.2) is 48.5 Å². The number of unbranched alkanes of at least 4 members (excludes halogenated alkanes) is 1. The lowest BCUT2D eigenvalue weighted by atomic mass is 9.90. The van der Waals surface area contributed by atoms with Crippen molar-refractivity contribution in [2.24, 2.45) is 29.0 Å². The van der Waals surface area contributed by atoms with Crippen LogP contribution in [0.1, 0.15) is 84.8 Å². The first-order valence-corrected chi connectivity index (χ1v) is 21.3. The van der Waals surface area contributed by atoms with Crippen molar-refractivity contribution in [3.05, 3.63) is 59.7 Å². The molecule has 0 saturated heterocycles. The van der Waals surface area contributed by atoms with Gasteiger partial charge in [-0.25, -0.2) is 9.59 Å². The van der Waals surface area contributed by atoms with Crippen LogP contribution in [0.3, 0.4) is 0 Å². The number of benzene rings is 2. The molecular weight excluding hydrogens is 813 g/mol.